The lowest BCUT2D eigenvalue weighted by atomic mass is 10.0. The fourth-order valence-corrected chi connectivity index (χ4v) is 1.79. The van der Waals surface area contributed by atoms with Crippen LogP contribution in [-0.2, 0) is 4.74 Å². The molecule has 0 bridgehead atoms. The molecule has 2 aromatic rings. The summed E-state index contributed by atoms with van der Waals surface area (Å²) in [6.07, 6.45) is 1.55. The lowest BCUT2D eigenvalue weighted by Gasteiger charge is -2.06. The Kier molecular flexibility index (Phi) is 3.48. The molecule has 2 rings (SSSR count). The van der Waals surface area contributed by atoms with E-state index < -0.39 is 5.97 Å². The largest absolute Gasteiger partial charge is 0.465 e. The minimum Gasteiger partial charge on any atom is -0.465 e. The van der Waals surface area contributed by atoms with Crippen LogP contribution in [0.5, 0.6) is 0 Å². The number of carbonyl (C=O) groups is 1. The third-order valence-electron chi connectivity index (χ3n) is 2.48. The van der Waals surface area contributed by atoms with E-state index in [0.29, 0.717) is 10.6 Å². The molecule has 1 heterocycles. The van der Waals surface area contributed by atoms with Gasteiger partial charge in [-0.15, -0.1) is 0 Å². The number of methoxy groups -OCH3 is 1. The summed E-state index contributed by atoms with van der Waals surface area (Å²) in [6.45, 7) is 0. The summed E-state index contributed by atoms with van der Waals surface area (Å²) in [5.41, 5.74) is 1.51. The van der Waals surface area contributed by atoms with Crippen molar-refractivity contribution in [3.63, 3.8) is 0 Å². The third-order valence-corrected chi connectivity index (χ3v) is 2.81. The van der Waals surface area contributed by atoms with Gasteiger partial charge in [0.1, 0.15) is 0 Å². The lowest BCUT2D eigenvalue weighted by Crippen LogP contribution is -2.04. The van der Waals surface area contributed by atoms with E-state index in [4.69, 9.17) is 11.6 Å². The maximum Gasteiger partial charge on any atom is 0.339 e. The van der Waals surface area contributed by atoms with Gasteiger partial charge in [-0.2, -0.15) is 0 Å². The second-order valence-corrected chi connectivity index (χ2v) is 4.04. The molecule has 0 aliphatic heterocycles. The van der Waals surface area contributed by atoms with Crippen LogP contribution >= 0.6 is 11.6 Å². The number of esters is 1. The van der Waals surface area contributed by atoms with Crippen molar-refractivity contribution in [2.75, 3.05) is 7.11 Å². The molecule has 0 saturated carbocycles. The zero-order chi connectivity index (χ0) is 13.1. The predicted octanol–water partition coefficient (Wildman–Crippen LogP) is 2.48. The molecule has 92 valence electrons. The molecule has 1 aromatic carbocycles. The number of H-pyrrole nitrogens is 1. The van der Waals surface area contributed by atoms with Crippen LogP contribution in [0.1, 0.15) is 10.4 Å². The maximum atomic E-state index is 11.5. The highest BCUT2D eigenvalue weighted by Gasteiger charge is 2.12. The molecule has 0 fully saturated rings. The molecule has 1 N–H and O–H groups in total. The Hall–Kier alpha value is -2.07. The molecule has 0 atom stereocenters. The fourth-order valence-electron chi connectivity index (χ4n) is 1.60. The molecule has 4 nitrogen and oxygen atoms in total. The quantitative estimate of drug-likeness (QED) is 0.847. The van der Waals surface area contributed by atoms with Gasteiger partial charge >= 0.3 is 5.97 Å². The number of benzene rings is 1. The van der Waals surface area contributed by atoms with Crippen LogP contribution in [0.15, 0.2) is 41.3 Å². The number of aromatic nitrogens is 1. The highest BCUT2D eigenvalue weighted by molar-refractivity contribution is 6.33. The standard InChI is InChI=1S/C13H10ClNO3/c1-18-13(17)10-6-8(2-3-11(10)14)9-4-5-15-12(16)7-9/h2-7H,1H3,(H,15,16). The van der Waals surface area contributed by atoms with Crippen molar-refractivity contribution >= 4 is 17.6 Å². The minimum absolute atomic E-state index is 0.206. The SMILES string of the molecule is COC(=O)c1cc(-c2cc[nH]c(=O)c2)ccc1Cl. The Bertz CT molecular complexity index is 649. The van der Waals surface area contributed by atoms with Crippen LogP contribution in [0.2, 0.25) is 5.02 Å². The van der Waals surface area contributed by atoms with Gasteiger partial charge in [0.25, 0.3) is 0 Å². The normalized spacial score (nSPS) is 10.1. The zero-order valence-electron chi connectivity index (χ0n) is 9.57. The number of aromatic amines is 1. The molecule has 0 amide bonds. The molecule has 5 heteroatoms. The second kappa shape index (κ2) is 5.06. The van der Waals surface area contributed by atoms with Gasteiger partial charge in [0.15, 0.2) is 0 Å². The molecule has 0 spiro atoms. The lowest BCUT2D eigenvalue weighted by molar-refractivity contribution is 0.0601. The Morgan fingerprint density at radius 1 is 1.22 bits per heavy atom. The van der Waals surface area contributed by atoms with Crippen LogP contribution in [-0.4, -0.2) is 18.1 Å². The summed E-state index contributed by atoms with van der Waals surface area (Å²) in [5, 5.41) is 0.315. The van der Waals surface area contributed by atoms with Crippen LogP contribution in [0.25, 0.3) is 11.1 Å². The van der Waals surface area contributed by atoms with Crippen molar-refractivity contribution < 1.29 is 9.53 Å². The number of hydrogen-bond donors (Lipinski definition) is 1. The van der Waals surface area contributed by atoms with E-state index in [2.05, 4.69) is 9.72 Å². The Labute approximate surface area is 108 Å². The summed E-state index contributed by atoms with van der Waals surface area (Å²) in [6, 6.07) is 8.13. The van der Waals surface area contributed by atoms with E-state index in [-0.39, 0.29) is 11.1 Å². The van der Waals surface area contributed by atoms with E-state index in [1.54, 1.807) is 30.5 Å². The van der Waals surface area contributed by atoms with Crippen molar-refractivity contribution in [2.45, 2.75) is 0 Å². The summed E-state index contributed by atoms with van der Waals surface area (Å²) in [5.74, 6) is -0.508. The average Bonchev–Trinajstić information content (AvgIpc) is 2.38. The van der Waals surface area contributed by atoms with Crippen molar-refractivity contribution in [3.05, 3.63) is 57.5 Å². The third kappa shape index (κ3) is 2.43. The Morgan fingerprint density at radius 3 is 2.61 bits per heavy atom. The Balaban J connectivity index is 2.53. The van der Waals surface area contributed by atoms with Crippen LogP contribution in [0.4, 0.5) is 0 Å². The molecular weight excluding hydrogens is 254 g/mol. The molecule has 0 radical (unpaired) electrons. The topological polar surface area (TPSA) is 59.2 Å². The van der Waals surface area contributed by atoms with E-state index in [9.17, 15) is 9.59 Å². The molecule has 0 aliphatic carbocycles. The number of ether oxygens (including phenoxy) is 1. The van der Waals surface area contributed by atoms with Gasteiger partial charge in [0.2, 0.25) is 5.56 Å². The number of pyridine rings is 1. The summed E-state index contributed by atoms with van der Waals surface area (Å²) >= 11 is 5.92. The molecule has 0 unspecified atom stereocenters. The maximum absolute atomic E-state index is 11.5. The first kappa shape index (κ1) is 12.4. The fraction of sp³-hybridized carbons (Fsp3) is 0.0769. The first-order valence-corrected chi connectivity index (χ1v) is 5.56. The molecule has 1 aromatic heterocycles. The average molecular weight is 264 g/mol. The smallest absolute Gasteiger partial charge is 0.339 e. The van der Waals surface area contributed by atoms with Crippen LogP contribution in [0, 0.1) is 0 Å². The van der Waals surface area contributed by atoms with E-state index in [1.165, 1.54) is 13.2 Å². The summed E-state index contributed by atoms with van der Waals surface area (Å²) in [7, 11) is 1.29. The first-order valence-electron chi connectivity index (χ1n) is 5.19. The van der Waals surface area contributed by atoms with E-state index in [0.717, 1.165) is 5.56 Å². The highest BCUT2D eigenvalue weighted by atomic mass is 35.5. The van der Waals surface area contributed by atoms with Crippen LogP contribution < -0.4 is 5.56 Å². The van der Waals surface area contributed by atoms with Crippen molar-refractivity contribution in [3.8, 4) is 11.1 Å². The van der Waals surface area contributed by atoms with Gasteiger partial charge in [0.05, 0.1) is 17.7 Å². The number of hydrogen-bond acceptors (Lipinski definition) is 3. The van der Waals surface area contributed by atoms with E-state index in [1.807, 2.05) is 0 Å². The summed E-state index contributed by atoms with van der Waals surface area (Å²) in [4.78, 5) is 25.3. The molecular formula is C13H10ClNO3. The molecule has 0 aliphatic rings. The zero-order valence-corrected chi connectivity index (χ0v) is 10.3. The van der Waals surface area contributed by atoms with Gasteiger partial charge in [-0.25, -0.2) is 4.79 Å². The van der Waals surface area contributed by atoms with Crippen molar-refractivity contribution in [1.29, 1.82) is 0 Å². The van der Waals surface area contributed by atoms with E-state index >= 15 is 0 Å². The van der Waals surface area contributed by atoms with Gasteiger partial charge in [-0.3, -0.25) is 4.79 Å². The van der Waals surface area contributed by atoms with Crippen molar-refractivity contribution in [1.82, 2.24) is 4.98 Å². The number of halogens is 1. The Morgan fingerprint density at radius 2 is 1.94 bits per heavy atom. The highest BCUT2D eigenvalue weighted by Crippen LogP contribution is 2.24. The van der Waals surface area contributed by atoms with Gasteiger partial charge < -0.3 is 9.72 Å². The minimum atomic E-state index is -0.508. The number of nitrogens with one attached hydrogen (secondary N) is 1. The van der Waals surface area contributed by atoms with Crippen LogP contribution in [0.3, 0.4) is 0 Å². The number of carbonyl (C=O) groups excluding carboxylic acids is 1. The van der Waals surface area contributed by atoms with Crippen molar-refractivity contribution in [2.24, 2.45) is 0 Å². The molecule has 18 heavy (non-hydrogen) atoms. The first-order chi connectivity index (χ1) is 8.61. The number of rotatable bonds is 2. The monoisotopic (exact) mass is 263 g/mol. The van der Waals surface area contributed by atoms with Gasteiger partial charge in [0, 0.05) is 12.3 Å². The predicted molar refractivity (Wildman–Crippen MR) is 68.8 cm³/mol. The van der Waals surface area contributed by atoms with Gasteiger partial charge in [-0.1, -0.05) is 17.7 Å². The second-order valence-electron chi connectivity index (χ2n) is 3.63. The summed E-state index contributed by atoms with van der Waals surface area (Å²) < 4.78 is 4.64. The van der Waals surface area contributed by atoms with Gasteiger partial charge in [-0.05, 0) is 29.3 Å². The molecule has 0 saturated heterocycles.